The molecule has 0 aromatic heterocycles. The topological polar surface area (TPSA) is 55.8 Å². The average Bonchev–Trinajstić information content (AvgIpc) is 2.67. The summed E-state index contributed by atoms with van der Waals surface area (Å²) in [6, 6.07) is 22.3. The van der Waals surface area contributed by atoms with Gasteiger partial charge >= 0.3 is 5.97 Å². The van der Waals surface area contributed by atoms with Crippen molar-refractivity contribution in [2.75, 3.05) is 7.11 Å². The number of hydrogen-bond acceptors (Lipinski definition) is 3. The number of benzene rings is 3. The first-order valence-corrected chi connectivity index (χ1v) is 7.86. The standard InChI is InChI=1S/C21H18O4/c1-24-19-10-6-5-9-17(19)16-11-12-20(18(13-16)21(22)23)25-14-15-7-3-2-4-8-15/h2-13H,14H2,1H3,(H,22,23). The fourth-order valence-electron chi connectivity index (χ4n) is 2.61. The highest BCUT2D eigenvalue weighted by molar-refractivity contribution is 5.93. The monoisotopic (exact) mass is 334 g/mol. The Morgan fingerprint density at radius 1 is 0.920 bits per heavy atom. The smallest absolute Gasteiger partial charge is 0.339 e. The molecule has 0 spiro atoms. The van der Waals surface area contributed by atoms with Crippen LogP contribution in [0.25, 0.3) is 11.1 Å². The first-order valence-electron chi connectivity index (χ1n) is 7.86. The van der Waals surface area contributed by atoms with Crippen LogP contribution in [-0.4, -0.2) is 18.2 Å². The Kier molecular flexibility index (Phi) is 5.00. The summed E-state index contributed by atoms with van der Waals surface area (Å²) in [5, 5.41) is 9.55. The largest absolute Gasteiger partial charge is 0.496 e. The first-order chi connectivity index (χ1) is 12.2. The van der Waals surface area contributed by atoms with Crippen LogP contribution in [0.5, 0.6) is 11.5 Å². The number of hydrogen-bond donors (Lipinski definition) is 1. The second kappa shape index (κ2) is 7.53. The van der Waals surface area contributed by atoms with Gasteiger partial charge in [0.2, 0.25) is 0 Å². The zero-order chi connectivity index (χ0) is 17.6. The fourth-order valence-corrected chi connectivity index (χ4v) is 2.61. The van der Waals surface area contributed by atoms with Crippen LogP contribution in [0, 0.1) is 0 Å². The summed E-state index contributed by atoms with van der Waals surface area (Å²) in [5.74, 6) is 0.00611. The number of ether oxygens (including phenoxy) is 2. The van der Waals surface area contributed by atoms with Crippen LogP contribution in [0.2, 0.25) is 0 Å². The van der Waals surface area contributed by atoms with E-state index in [1.807, 2.05) is 60.7 Å². The molecule has 0 fully saturated rings. The number of carbonyl (C=O) groups is 1. The van der Waals surface area contributed by atoms with E-state index in [1.54, 1.807) is 19.2 Å². The second-order valence-corrected chi connectivity index (χ2v) is 5.49. The molecule has 0 atom stereocenters. The Bertz CT molecular complexity index is 872. The Balaban J connectivity index is 1.92. The molecule has 0 radical (unpaired) electrons. The molecular formula is C21H18O4. The van der Waals surface area contributed by atoms with Gasteiger partial charge in [-0.15, -0.1) is 0 Å². The maximum absolute atomic E-state index is 11.7. The average molecular weight is 334 g/mol. The summed E-state index contributed by atoms with van der Waals surface area (Å²) in [4.78, 5) is 11.7. The minimum atomic E-state index is -1.03. The van der Waals surface area contributed by atoms with Crippen molar-refractivity contribution in [2.45, 2.75) is 6.61 Å². The molecule has 0 amide bonds. The lowest BCUT2D eigenvalue weighted by Crippen LogP contribution is -2.04. The van der Waals surface area contributed by atoms with Crippen LogP contribution in [0.15, 0.2) is 72.8 Å². The van der Waals surface area contributed by atoms with Crippen LogP contribution >= 0.6 is 0 Å². The molecule has 0 aliphatic carbocycles. The van der Waals surface area contributed by atoms with Crippen LogP contribution in [-0.2, 0) is 6.61 Å². The summed E-state index contributed by atoms with van der Waals surface area (Å²) < 4.78 is 11.1. The van der Waals surface area contributed by atoms with Crippen molar-refractivity contribution < 1.29 is 19.4 Å². The summed E-state index contributed by atoms with van der Waals surface area (Å²) in [7, 11) is 1.59. The Labute approximate surface area is 146 Å². The summed E-state index contributed by atoms with van der Waals surface area (Å²) in [5.41, 5.74) is 2.70. The fraction of sp³-hybridized carbons (Fsp3) is 0.0952. The van der Waals surface area contributed by atoms with Gasteiger partial charge in [0, 0.05) is 5.56 Å². The van der Waals surface area contributed by atoms with Crippen molar-refractivity contribution in [3.8, 4) is 22.6 Å². The molecule has 3 aromatic rings. The third kappa shape index (κ3) is 3.80. The third-order valence-electron chi connectivity index (χ3n) is 3.87. The molecule has 3 aromatic carbocycles. The van der Waals surface area contributed by atoms with E-state index in [0.717, 1.165) is 16.7 Å². The zero-order valence-corrected chi connectivity index (χ0v) is 13.8. The molecule has 0 saturated carbocycles. The molecule has 0 saturated heterocycles. The predicted molar refractivity (Wildman–Crippen MR) is 96.2 cm³/mol. The van der Waals surface area contributed by atoms with Crippen LogP contribution in [0.4, 0.5) is 0 Å². The molecule has 0 bridgehead atoms. The van der Waals surface area contributed by atoms with E-state index in [9.17, 15) is 9.90 Å². The number of para-hydroxylation sites is 1. The van der Waals surface area contributed by atoms with Gasteiger partial charge in [0.1, 0.15) is 23.7 Å². The van der Waals surface area contributed by atoms with Crippen molar-refractivity contribution in [3.63, 3.8) is 0 Å². The van der Waals surface area contributed by atoms with Gasteiger partial charge in [0.25, 0.3) is 0 Å². The lowest BCUT2D eigenvalue weighted by atomic mass is 10.0. The molecule has 25 heavy (non-hydrogen) atoms. The maximum Gasteiger partial charge on any atom is 0.339 e. The van der Waals surface area contributed by atoms with E-state index in [-0.39, 0.29) is 5.56 Å². The van der Waals surface area contributed by atoms with Crippen molar-refractivity contribution in [1.29, 1.82) is 0 Å². The van der Waals surface area contributed by atoms with E-state index < -0.39 is 5.97 Å². The van der Waals surface area contributed by atoms with Crippen molar-refractivity contribution >= 4 is 5.97 Å². The maximum atomic E-state index is 11.7. The Hall–Kier alpha value is -3.27. The summed E-state index contributed by atoms with van der Waals surface area (Å²) in [6.45, 7) is 0.315. The van der Waals surface area contributed by atoms with Crippen molar-refractivity contribution in [2.24, 2.45) is 0 Å². The van der Waals surface area contributed by atoms with Gasteiger partial charge in [-0.05, 0) is 29.3 Å². The van der Waals surface area contributed by atoms with Gasteiger partial charge < -0.3 is 14.6 Å². The Morgan fingerprint density at radius 2 is 1.64 bits per heavy atom. The summed E-state index contributed by atoms with van der Waals surface area (Å²) >= 11 is 0. The van der Waals surface area contributed by atoms with Crippen molar-refractivity contribution in [3.05, 3.63) is 83.9 Å². The van der Waals surface area contributed by atoms with Gasteiger partial charge in [0.05, 0.1) is 7.11 Å². The predicted octanol–water partition coefficient (Wildman–Crippen LogP) is 4.64. The lowest BCUT2D eigenvalue weighted by Gasteiger charge is -2.13. The number of aromatic carboxylic acids is 1. The van der Waals surface area contributed by atoms with E-state index >= 15 is 0 Å². The van der Waals surface area contributed by atoms with E-state index in [2.05, 4.69) is 0 Å². The van der Waals surface area contributed by atoms with E-state index in [4.69, 9.17) is 9.47 Å². The van der Waals surface area contributed by atoms with Gasteiger partial charge in [-0.1, -0.05) is 54.6 Å². The molecule has 4 nitrogen and oxygen atoms in total. The molecule has 0 aliphatic rings. The molecule has 0 heterocycles. The molecule has 0 unspecified atom stereocenters. The third-order valence-corrected chi connectivity index (χ3v) is 3.87. The van der Waals surface area contributed by atoms with Crippen LogP contribution < -0.4 is 9.47 Å². The normalized spacial score (nSPS) is 10.3. The SMILES string of the molecule is COc1ccccc1-c1ccc(OCc2ccccc2)c(C(=O)O)c1. The molecule has 1 N–H and O–H groups in total. The number of methoxy groups -OCH3 is 1. The lowest BCUT2D eigenvalue weighted by molar-refractivity contribution is 0.0692. The molecule has 0 aliphatic heterocycles. The molecule has 126 valence electrons. The number of rotatable bonds is 6. The van der Waals surface area contributed by atoms with E-state index in [0.29, 0.717) is 18.1 Å². The number of carboxylic acids is 1. The van der Waals surface area contributed by atoms with Crippen LogP contribution in [0.1, 0.15) is 15.9 Å². The first kappa shape index (κ1) is 16.6. The minimum absolute atomic E-state index is 0.124. The molecule has 3 rings (SSSR count). The highest BCUT2D eigenvalue weighted by Crippen LogP contribution is 2.33. The summed E-state index contributed by atoms with van der Waals surface area (Å²) in [6.07, 6.45) is 0. The zero-order valence-electron chi connectivity index (χ0n) is 13.8. The highest BCUT2D eigenvalue weighted by atomic mass is 16.5. The van der Waals surface area contributed by atoms with Gasteiger partial charge in [-0.2, -0.15) is 0 Å². The van der Waals surface area contributed by atoms with Gasteiger partial charge in [0.15, 0.2) is 0 Å². The van der Waals surface area contributed by atoms with Crippen LogP contribution in [0.3, 0.4) is 0 Å². The quantitative estimate of drug-likeness (QED) is 0.713. The number of carboxylic acid groups (broad SMARTS) is 1. The highest BCUT2D eigenvalue weighted by Gasteiger charge is 2.15. The van der Waals surface area contributed by atoms with Crippen molar-refractivity contribution in [1.82, 2.24) is 0 Å². The second-order valence-electron chi connectivity index (χ2n) is 5.49. The van der Waals surface area contributed by atoms with E-state index in [1.165, 1.54) is 0 Å². The minimum Gasteiger partial charge on any atom is -0.496 e. The molecule has 4 heteroatoms. The van der Waals surface area contributed by atoms with Gasteiger partial charge in [-0.3, -0.25) is 0 Å². The molecular weight excluding hydrogens is 316 g/mol. The Morgan fingerprint density at radius 3 is 2.36 bits per heavy atom. The van der Waals surface area contributed by atoms with Gasteiger partial charge in [-0.25, -0.2) is 4.79 Å².